The first-order valence-corrected chi connectivity index (χ1v) is 13.6. The Kier molecular flexibility index (Phi) is 8.92. The van der Waals surface area contributed by atoms with E-state index in [1.165, 1.54) is 30.1 Å². The number of hydrogen-bond donors (Lipinski definition) is 5. The summed E-state index contributed by atoms with van der Waals surface area (Å²) >= 11 is 0. The number of sulfone groups is 1. The molecule has 0 saturated heterocycles. The van der Waals surface area contributed by atoms with Gasteiger partial charge in [0.05, 0.1) is 29.6 Å². The largest absolute Gasteiger partial charge is 0.493 e. The summed E-state index contributed by atoms with van der Waals surface area (Å²) < 4.78 is 35.5. The number of aliphatic carboxylic acids is 1. The lowest BCUT2D eigenvalue weighted by Crippen LogP contribution is -2.23. The molecule has 2 heterocycles. The third-order valence-corrected chi connectivity index (χ3v) is 6.49. The normalized spacial score (nSPS) is 13.5. The SMILES string of the molecule is Cc1c(C(=O)c2cnn(C)c2O)ccc(S(C)(=O)=O)c1C1=NOCC1.O=C(O)CNCP(=O)(O)O. The van der Waals surface area contributed by atoms with Crippen LogP contribution in [0.1, 0.15) is 33.5 Å². The van der Waals surface area contributed by atoms with Gasteiger partial charge in [-0.15, -0.1) is 0 Å². The summed E-state index contributed by atoms with van der Waals surface area (Å²) in [6, 6.07) is 2.83. The molecule has 16 heteroatoms. The first-order chi connectivity index (χ1) is 16.1. The molecule has 0 fully saturated rings. The molecule has 0 amide bonds. The highest BCUT2D eigenvalue weighted by Gasteiger charge is 2.27. The van der Waals surface area contributed by atoms with Gasteiger partial charge in [-0.1, -0.05) is 5.16 Å². The van der Waals surface area contributed by atoms with Gasteiger partial charge in [0.15, 0.2) is 15.6 Å². The van der Waals surface area contributed by atoms with Gasteiger partial charge >= 0.3 is 13.6 Å². The number of rotatable bonds is 8. The molecule has 0 aliphatic carbocycles. The molecule has 1 aromatic carbocycles. The van der Waals surface area contributed by atoms with E-state index in [1.807, 2.05) is 0 Å². The zero-order chi connectivity index (χ0) is 26.6. The van der Waals surface area contributed by atoms with Crippen molar-refractivity contribution in [1.29, 1.82) is 0 Å². The van der Waals surface area contributed by atoms with Crippen LogP contribution in [0, 0.1) is 6.92 Å². The van der Waals surface area contributed by atoms with Crippen molar-refractivity contribution in [3.05, 3.63) is 40.6 Å². The van der Waals surface area contributed by atoms with Crippen molar-refractivity contribution in [1.82, 2.24) is 15.1 Å². The van der Waals surface area contributed by atoms with Crippen molar-refractivity contribution in [2.75, 3.05) is 25.7 Å². The van der Waals surface area contributed by atoms with Gasteiger partial charge < -0.3 is 24.8 Å². The van der Waals surface area contributed by atoms with Crippen LogP contribution in [0.2, 0.25) is 0 Å². The van der Waals surface area contributed by atoms with Gasteiger partial charge in [-0.25, -0.2) is 13.1 Å². The molecule has 192 valence electrons. The summed E-state index contributed by atoms with van der Waals surface area (Å²) in [6.07, 6.45) is 2.24. The van der Waals surface area contributed by atoms with Crippen LogP contribution in [-0.2, 0) is 31.1 Å². The molecule has 0 spiro atoms. The number of nitrogens with zero attached hydrogens (tertiary/aromatic N) is 3. The number of nitrogens with one attached hydrogen (secondary N) is 1. The first-order valence-electron chi connectivity index (χ1n) is 9.89. The topological polar surface area (TPSA) is 218 Å². The van der Waals surface area contributed by atoms with E-state index in [2.05, 4.69) is 15.6 Å². The highest BCUT2D eigenvalue weighted by atomic mass is 32.2. The summed E-state index contributed by atoms with van der Waals surface area (Å²) in [7, 11) is -6.10. The fraction of sp³-hybridized carbons (Fsp3) is 0.368. The van der Waals surface area contributed by atoms with E-state index < -0.39 is 42.0 Å². The monoisotopic (exact) mass is 532 g/mol. The lowest BCUT2D eigenvalue weighted by molar-refractivity contribution is -0.135. The van der Waals surface area contributed by atoms with Crippen LogP contribution in [0.5, 0.6) is 5.88 Å². The number of hydrogen-bond acceptors (Lipinski definition) is 10. The number of oxime groups is 1. The van der Waals surface area contributed by atoms with Crippen molar-refractivity contribution in [2.45, 2.75) is 18.2 Å². The molecule has 1 aromatic heterocycles. The van der Waals surface area contributed by atoms with E-state index in [0.29, 0.717) is 29.9 Å². The van der Waals surface area contributed by atoms with Crippen molar-refractivity contribution < 1.29 is 47.4 Å². The maximum atomic E-state index is 12.8. The van der Waals surface area contributed by atoms with Crippen LogP contribution in [0.15, 0.2) is 28.4 Å². The van der Waals surface area contributed by atoms with Crippen LogP contribution in [0.25, 0.3) is 0 Å². The van der Waals surface area contributed by atoms with Crippen molar-refractivity contribution in [3.63, 3.8) is 0 Å². The Bertz CT molecular complexity index is 1310. The predicted molar refractivity (Wildman–Crippen MR) is 122 cm³/mol. The Morgan fingerprint density at radius 2 is 1.91 bits per heavy atom. The molecule has 0 unspecified atom stereocenters. The summed E-state index contributed by atoms with van der Waals surface area (Å²) in [4.78, 5) is 44.0. The Hall–Kier alpha value is -3.10. The molecule has 5 N–H and O–H groups in total. The van der Waals surface area contributed by atoms with Gasteiger partial charge in [-0.2, -0.15) is 5.10 Å². The quantitative estimate of drug-likeness (QED) is 0.224. The summed E-state index contributed by atoms with van der Waals surface area (Å²) in [5.74, 6) is -1.84. The molecule has 14 nitrogen and oxygen atoms in total. The number of carbonyl (C=O) groups is 2. The fourth-order valence-electron chi connectivity index (χ4n) is 3.13. The average Bonchev–Trinajstić information content (AvgIpc) is 3.36. The molecular weight excluding hydrogens is 507 g/mol. The Labute approximate surface area is 200 Å². The van der Waals surface area contributed by atoms with Gasteiger partial charge in [0.1, 0.15) is 12.2 Å². The smallest absolute Gasteiger partial charge is 0.339 e. The maximum absolute atomic E-state index is 12.8. The van der Waals surface area contributed by atoms with Crippen molar-refractivity contribution in [2.24, 2.45) is 12.2 Å². The van der Waals surface area contributed by atoms with Gasteiger partial charge in [0.2, 0.25) is 5.88 Å². The van der Waals surface area contributed by atoms with Crippen LogP contribution in [0.3, 0.4) is 0 Å². The van der Waals surface area contributed by atoms with Gasteiger partial charge in [0, 0.05) is 30.9 Å². The third kappa shape index (κ3) is 7.44. The molecule has 1 aliphatic heterocycles. The van der Waals surface area contributed by atoms with Crippen LogP contribution in [-0.4, -0.2) is 81.4 Å². The van der Waals surface area contributed by atoms with Crippen molar-refractivity contribution >= 4 is 34.9 Å². The summed E-state index contributed by atoms with van der Waals surface area (Å²) in [5, 5.41) is 27.8. The molecule has 3 rings (SSSR count). The second kappa shape index (κ2) is 11.1. The standard InChI is InChI=1S/C16H17N3O5S.C3H8NO5P/c1-9-10(15(20)11-8-17-19(2)16(11)21)4-5-13(25(3,22)23)14(9)12-6-7-24-18-12;5-3(6)1-4-2-10(7,8)9/h4-5,8,21H,6-7H2,1-3H3;4H,1-2H2,(H,5,6)(H2,7,8,9). The van der Waals surface area contributed by atoms with Crippen LogP contribution < -0.4 is 5.32 Å². The van der Waals surface area contributed by atoms with Crippen molar-refractivity contribution in [3.8, 4) is 5.88 Å². The Balaban J connectivity index is 0.000000367. The minimum Gasteiger partial charge on any atom is -0.493 e. The zero-order valence-electron chi connectivity index (χ0n) is 19.0. The highest BCUT2D eigenvalue weighted by Crippen LogP contribution is 2.32. The van der Waals surface area contributed by atoms with Gasteiger partial charge in [0.25, 0.3) is 0 Å². The average molecular weight is 532 g/mol. The molecule has 0 radical (unpaired) electrons. The molecular formula is C19H25N4O10PS. The first kappa shape index (κ1) is 28.1. The summed E-state index contributed by atoms with van der Waals surface area (Å²) in [5.41, 5.74) is 1.67. The third-order valence-electron chi connectivity index (χ3n) is 4.71. The molecule has 0 bridgehead atoms. The van der Waals surface area contributed by atoms with E-state index in [-0.39, 0.29) is 21.9 Å². The number of benzene rings is 1. The molecule has 1 aliphatic rings. The number of carboxylic acid groups (broad SMARTS) is 1. The minimum absolute atomic E-state index is 0.0493. The summed E-state index contributed by atoms with van der Waals surface area (Å²) in [6.45, 7) is 1.58. The van der Waals surface area contributed by atoms with E-state index in [1.54, 1.807) is 6.92 Å². The number of carbonyl (C=O) groups excluding carboxylic acids is 1. The Morgan fingerprint density at radius 3 is 2.37 bits per heavy atom. The predicted octanol–water partition coefficient (Wildman–Crippen LogP) is -0.0112. The second-order valence-electron chi connectivity index (χ2n) is 7.48. The Morgan fingerprint density at radius 1 is 1.26 bits per heavy atom. The number of aryl methyl sites for hydroxylation is 1. The minimum atomic E-state index is -4.10. The molecule has 0 atom stereocenters. The molecule has 0 saturated carbocycles. The van der Waals surface area contributed by atoms with E-state index >= 15 is 0 Å². The zero-order valence-corrected chi connectivity index (χ0v) is 20.7. The van der Waals surface area contributed by atoms with Gasteiger partial charge in [-0.05, 0) is 24.6 Å². The van der Waals surface area contributed by atoms with E-state index in [4.69, 9.17) is 19.7 Å². The molecule has 35 heavy (non-hydrogen) atoms. The van der Waals surface area contributed by atoms with Crippen LogP contribution in [0.4, 0.5) is 0 Å². The second-order valence-corrected chi connectivity index (χ2v) is 11.1. The van der Waals surface area contributed by atoms with Gasteiger partial charge in [-0.3, -0.25) is 19.5 Å². The number of carboxylic acids is 1. The van der Waals surface area contributed by atoms with Crippen LogP contribution >= 0.6 is 7.60 Å². The van der Waals surface area contributed by atoms with E-state index in [9.17, 15) is 27.7 Å². The highest BCUT2D eigenvalue weighted by molar-refractivity contribution is 7.90. The lowest BCUT2D eigenvalue weighted by Gasteiger charge is -2.14. The fourth-order valence-corrected chi connectivity index (χ4v) is 4.49. The van der Waals surface area contributed by atoms with E-state index in [0.717, 1.165) is 6.26 Å². The lowest BCUT2D eigenvalue weighted by atomic mass is 9.93. The number of ketones is 1. The maximum Gasteiger partial charge on any atom is 0.339 e. The molecule has 2 aromatic rings. The number of aromatic hydroxyl groups is 1. The number of aromatic nitrogens is 2.